The van der Waals surface area contributed by atoms with Crippen LogP contribution < -0.4 is 10.6 Å². The molecule has 1 aliphatic rings. The van der Waals surface area contributed by atoms with Crippen LogP contribution in [0.25, 0.3) is 0 Å². The van der Waals surface area contributed by atoms with Gasteiger partial charge in [0.2, 0.25) is 5.91 Å². The summed E-state index contributed by atoms with van der Waals surface area (Å²) in [6, 6.07) is 0. The van der Waals surface area contributed by atoms with E-state index in [1.807, 2.05) is 0 Å². The van der Waals surface area contributed by atoms with Crippen molar-refractivity contribution in [2.45, 2.75) is 24.8 Å². The summed E-state index contributed by atoms with van der Waals surface area (Å²) in [6.07, 6.45) is 6.83. The number of amides is 1. The second kappa shape index (κ2) is 4.80. The molecular formula is C10H14N2O3. The second-order valence-electron chi connectivity index (χ2n) is 3.60. The lowest BCUT2D eigenvalue weighted by molar-refractivity contribution is -0.151. The second-order valence-corrected chi connectivity index (χ2v) is 3.60. The normalized spacial score (nSPS) is 17.3. The average molecular weight is 210 g/mol. The Morgan fingerprint density at radius 1 is 1.47 bits per heavy atom. The molecule has 15 heavy (non-hydrogen) atoms. The van der Waals surface area contributed by atoms with Gasteiger partial charge >= 0.3 is 5.97 Å². The lowest BCUT2D eigenvalue weighted by Gasteiger charge is -2.38. The third kappa shape index (κ3) is 2.70. The van der Waals surface area contributed by atoms with E-state index in [-0.39, 0.29) is 12.5 Å². The number of carbonyl (C=O) groups is 2. The zero-order valence-corrected chi connectivity index (χ0v) is 8.38. The maximum atomic E-state index is 11.3. The van der Waals surface area contributed by atoms with E-state index in [1.54, 1.807) is 0 Å². The first-order valence-electron chi connectivity index (χ1n) is 4.79. The standard InChI is InChI=1S/C10H14N2O3/c1-2-6-11-7-8(13)12-10(9(14)15)4-3-5-10/h1,11H,3-7H2,(H,12,13)(H,14,15). The number of aliphatic carboxylic acids is 1. The molecule has 1 rings (SSSR count). The molecular weight excluding hydrogens is 196 g/mol. The van der Waals surface area contributed by atoms with Crippen molar-refractivity contribution in [1.82, 2.24) is 10.6 Å². The SMILES string of the molecule is C#CCNCC(=O)NC1(C(=O)O)CCC1. The number of rotatable bonds is 5. The summed E-state index contributed by atoms with van der Waals surface area (Å²) in [5.41, 5.74) is -1.03. The third-order valence-corrected chi connectivity index (χ3v) is 2.51. The van der Waals surface area contributed by atoms with E-state index >= 15 is 0 Å². The summed E-state index contributed by atoms with van der Waals surface area (Å²) in [5, 5.41) is 14.2. The molecule has 0 atom stereocenters. The molecule has 0 aliphatic heterocycles. The molecule has 0 heterocycles. The zero-order chi connectivity index (χ0) is 11.3. The van der Waals surface area contributed by atoms with Gasteiger partial charge in [0.15, 0.2) is 0 Å². The van der Waals surface area contributed by atoms with E-state index in [0.717, 1.165) is 6.42 Å². The van der Waals surface area contributed by atoms with Crippen LogP contribution in [-0.2, 0) is 9.59 Å². The smallest absolute Gasteiger partial charge is 0.329 e. The molecule has 1 fully saturated rings. The largest absolute Gasteiger partial charge is 0.480 e. The van der Waals surface area contributed by atoms with Gasteiger partial charge in [-0.2, -0.15) is 0 Å². The van der Waals surface area contributed by atoms with Crippen LogP contribution in [0.3, 0.4) is 0 Å². The van der Waals surface area contributed by atoms with E-state index in [1.165, 1.54) is 0 Å². The van der Waals surface area contributed by atoms with Crippen molar-refractivity contribution >= 4 is 11.9 Å². The third-order valence-electron chi connectivity index (χ3n) is 2.51. The van der Waals surface area contributed by atoms with Crippen LogP contribution in [0.2, 0.25) is 0 Å². The van der Waals surface area contributed by atoms with Gasteiger partial charge < -0.3 is 10.4 Å². The predicted molar refractivity (Wildman–Crippen MR) is 54.1 cm³/mol. The van der Waals surface area contributed by atoms with Crippen LogP contribution in [0, 0.1) is 12.3 Å². The lowest BCUT2D eigenvalue weighted by atomic mass is 9.77. The zero-order valence-electron chi connectivity index (χ0n) is 8.38. The molecule has 5 heteroatoms. The van der Waals surface area contributed by atoms with Gasteiger partial charge in [0, 0.05) is 0 Å². The quantitative estimate of drug-likeness (QED) is 0.415. The van der Waals surface area contributed by atoms with Crippen LogP contribution in [0.5, 0.6) is 0 Å². The Labute approximate surface area is 88.2 Å². The molecule has 0 saturated heterocycles. The summed E-state index contributed by atoms with van der Waals surface area (Å²) in [6.45, 7) is 0.354. The monoisotopic (exact) mass is 210 g/mol. The fourth-order valence-electron chi connectivity index (χ4n) is 1.48. The van der Waals surface area contributed by atoms with Gasteiger partial charge in [-0.25, -0.2) is 4.79 Å². The number of nitrogens with one attached hydrogen (secondary N) is 2. The highest BCUT2D eigenvalue weighted by molar-refractivity contribution is 5.88. The van der Waals surface area contributed by atoms with Crippen LogP contribution in [0.15, 0.2) is 0 Å². The molecule has 0 aromatic heterocycles. The Bertz CT molecular complexity index is 302. The highest BCUT2D eigenvalue weighted by Crippen LogP contribution is 2.31. The number of terminal acetylenes is 1. The van der Waals surface area contributed by atoms with Gasteiger partial charge in [-0.15, -0.1) is 6.42 Å². The minimum Gasteiger partial charge on any atom is -0.480 e. The Balaban J connectivity index is 2.36. The predicted octanol–water partition coefficient (Wildman–Crippen LogP) is -0.667. The Kier molecular flexibility index (Phi) is 3.69. The van der Waals surface area contributed by atoms with Crippen LogP contribution in [0.1, 0.15) is 19.3 Å². The molecule has 1 aliphatic carbocycles. The first-order chi connectivity index (χ1) is 7.10. The summed E-state index contributed by atoms with van der Waals surface area (Å²) in [4.78, 5) is 22.2. The summed E-state index contributed by atoms with van der Waals surface area (Å²) >= 11 is 0. The van der Waals surface area contributed by atoms with Gasteiger partial charge in [0.1, 0.15) is 5.54 Å². The lowest BCUT2D eigenvalue weighted by Crippen LogP contribution is -2.60. The Morgan fingerprint density at radius 2 is 2.13 bits per heavy atom. The molecule has 0 aromatic carbocycles. The van der Waals surface area contributed by atoms with Crippen molar-refractivity contribution in [3.8, 4) is 12.3 Å². The average Bonchev–Trinajstić information content (AvgIpc) is 2.11. The van der Waals surface area contributed by atoms with Crippen molar-refractivity contribution in [3.05, 3.63) is 0 Å². The van der Waals surface area contributed by atoms with Gasteiger partial charge in [0.05, 0.1) is 13.1 Å². The maximum absolute atomic E-state index is 11.3. The van der Waals surface area contributed by atoms with Crippen LogP contribution in [-0.4, -0.2) is 35.6 Å². The van der Waals surface area contributed by atoms with E-state index in [9.17, 15) is 9.59 Å². The molecule has 0 radical (unpaired) electrons. The summed E-state index contributed by atoms with van der Waals surface area (Å²) in [7, 11) is 0. The molecule has 1 amide bonds. The van der Waals surface area contributed by atoms with Crippen molar-refractivity contribution in [2.24, 2.45) is 0 Å². The van der Waals surface area contributed by atoms with Crippen molar-refractivity contribution in [2.75, 3.05) is 13.1 Å². The topological polar surface area (TPSA) is 78.4 Å². The fraction of sp³-hybridized carbons (Fsp3) is 0.600. The number of carbonyl (C=O) groups excluding carboxylic acids is 1. The van der Waals surface area contributed by atoms with Crippen molar-refractivity contribution in [1.29, 1.82) is 0 Å². The van der Waals surface area contributed by atoms with E-state index in [2.05, 4.69) is 16.6 Å². The minimum absolute atomic E-state index is 0.0548. The molecule has 0 bridgehead atoms. The van der Waals surface area contributed by atoms with Crippen molar-refractivity contribution < 1.29 is 14.7 Å². The van der Waals surface area contributed by atoms with Crippen LogP contribution in [0.4, 0.5) is 0 Å². The van der Waals surface area contributed by atoms with E-state index in [0.29, 0.717) is 19.4 Å². The maximum Gasteiger partial charge on any atom is 0.329 e. The summed E-state index contributed by atoms with van der Waals surface area (Å²) in [5.74, 6) is 1.04. The molecule has 5 nitrogen and oxygen atoms in total. The fourth-order valence-corrected chi connectivity index (χ4v) is 1.48. The van der Waals surface area contributed by atoms with E-state index in [4.69, 9.17) is 11.5 Å². The number of hydrogen-bond acceptors (Lipinski definition) is 3. The van der Waals surface area contributed by atoms with Gasteiger partial charge in [-0.3, -0.25) is 10.1 Å². The molecule has 0 spiro atoms. The minimum atomic E-state index is -1.03. The number of carboxylic acid groups (broad SMARTS) is 1. The summed E-state index contributed by atoms with van der Waals surface area (Å²) < 4.78 is 0. The molecule has 82 valence electrons. The van der Waals surface area contributed by atoms with Gasteiger partial charge in [-0.05, 0) is 19.3 Å². The Hall–Kier alpha value is -1.54. The number of carboxylic acids is 1. The van der Waals surface area contributed by atoms with E-state index < -0.39 is 11.5 Å². The van der Waals surface area contributed by atoms with Gasteiger partial charge in [0.25, 0.3) is 0 Å². The number of hydrogen-bond donors (Lipinski definition) is 3. The first kappa shape index (κ1) is 11.5. The first-order valence-corrected chi connectivity index (χ1v) is 4.79. The van der Waals surface area contributed by atoms with Gasteiger partial charge in [-0.1, -0.05) is 5.92 Å². The molecule has 0 aromatic rings. The molecule has 1 saturated carbocycles. The van der Waals surface area contributed by atoms with Crippen LogP contribution >= 0.6 is 0 Å². The Morgan fingerprint density at radius 3 is 2.53 bits per heavy atom. The molecule has 3 N–H and O–H groups in total. The van der Waals surface area contributed by atoms with Crippen molar-refractivity contribution in [3.63, 3.8) is 0 Å². The highest BCUT2D eigenvalue weighted by atomic mass is 16.4. The molecule has 0 unspecified atom stereocenters. The highest BCUT2D eigenvalue weighted by Gasteiger charge is 2.45.